The number of hydroxylamine groups is 3. The summed E-state index contributed by atoms with van der Waals surface area (Å²) in [5.41, 5.74) is 0. The molecule has 0 aromatic carbocycles. The van der Waals surface area contributed by atoms with Crippen LogP contribution in [-0.4, -0.2) is 24.3 Å². The lowest BCUT2D eigenvalue weighted by atomic mass is 10.1. The summed E-state index contributed by atoms with van der Waals surface area (Å²) in [4.78, 5) is 0. The highest BCUT2D eigenvalue weighted by Gasteiger charge is 2.18. The third-order valence-electron chi connectivity index (χ3n) is 2.01. The molecule has 64 valence electrons. The average Bonchev–Trinajstić information content (AvgIpc) is 1.89. The Balaban J connectivity index is 0.000001000. The van der Waals surface area contributed by atoms with E-state index < -0.39 is 0 Å². The average molecular weight is 176 g/mol. The molecule has 0 aromatic rings. The van der Waals surface area contributed by atoms with Gasteiger partial charge in [0.05, 0.1) is 13.1 Å². The van der Waals surface area contributed by atoms with E-state index in [0.717, 1.165) is 25.9 Å². The van der Waals surface area contributed by atoms with Crippen molar-refractivity contribution >= 4 is 12.4 Å². The monoisotopic (exact) mass is 175 g/mol. The maximum atomic E-state index is 11.5. The van der Waals surface area contributed by atoms with Crippen LogP contribution in [0.2, 0.25) is 0 Å². The molecule has 0 unspecified atom stereocenters. The molecule has 0 aliphatic carbocycles. The van der Waals surface area contributed by atoms with Gasteiger partial charge in [0.2, 0.25) is 0 Å². The lowest BCUT2D eigenvalue weighted by Crippen LogP contribution is -2.46. The van der Waals surface area contributed by atoms with Gasteiger partial charge in [-0.05, 0) is 25.2 Å². The molecule has 0 aromatic heterocycles. The Hall–Kier alpha value is -0.230. The summed E-state index contributed by atoms with van der Waals surface area (Å²) in [7, 11) is 0. The third-order valence-corrected chi connectivity index (χ3v) is 2.01. The molecule has 11 heavy (non-hydrogen) atoms. The number of halogens is 1. The fraction of sp³-hybridized carbons (Fsp3) is 0.750. The lowest BCUT2D eigenvalue weighted by molar-refractivity contribution is -0.878. The van der Waals surface area contributed by atoms with Crippen molar-refractivity contribution in [3.8, 4) is 12.3 Å². The van der Waals surface area contributed by atoms with Crippen LogP contribution in [-0.2, 0) is 0 Å². The van der Waals surface area contributed by atoms with Gasteiger partial charge in [0.1, 0.15) is 6.54 Å². The Morgan fingerprint density at radius 1 is 1.27 bits per heavy atom. The molecule has 0 radical (unpaired) electrons. The number of piperidine rings is 1. The molecule has 0 spiro atoms. The molecule has 0 saturated carbocycles. The van der Waals surface area contributed by atoms with Crippen molar-refractivity contribution in [3.63, 3.8) is 0 Å². The predicted molar refractivity (Wildman–Crippen MR) is 48.2 cm³/mol. The molecule has 1 aliphatic heterocycles. The fourth-order valence-corrected chi connectivity index (χ4v) is 1.41. The molecule has 0 N–H and O–H groups in total. The zero-order chi connectivity index (χ0) is 7.45. The first-order valence-electron chi connectivity index (χ1n) is 3.77. The maximum absolute atomic E-state index is 11.5. The first-order valence-corrected chi connectivity index (χ1v) is 3.77. The largest absolute Gasteiger partial charge is 0.632 e. The number of hydrogen-bond donors (Lipinski definition) is 0. The maximum Gasteiger partial charge on any atom is 0.140 e. The van der Waals surface area contributed by atoms with Crippen molar-refractivity contribution < 1.29 is 4.65 Å². The molecule has 1 rings (SSSR count). The lowest BCUT2D eigenvalue weighted by Gasteiger charge is -2.43. The Kier molecular flexibility index (Phi) is 4.51. The van der Waals surface area contributed by atoms with E-state index in [1.165, 1.54) is 6.42 Å². The number of rotatable bonds is 1. The van der Waals surface area contributed by atoms with Gasteiger partial charge in [-0.15, -0.1) is 18.8 Å². The van der Waals surface area contributed by atoms with Crippen LogP contribution in [0.5, 0.6) is 0 Å². The van der Waals surface area contributed by atoms with Gasteiger partial charge in [-0.2, -0.15) is 0 Å². The summed E-state index contributed by atoms with van der Waals surface area (Å²) < 4.78 is -0.142. The summed E-state index contributed by atoms with van der Waals surface area (Å²) in [6.07, 6.45) is 8.37. The quantitative estimate of drug-likeness (QED) is 0.337. The van der Waals surface area contributed by atoms with Crippen molar-refractivity contribution in [1.29, 1.82) is 0 Å². The highest BCUT2D eigenvalue weighted by atomic mass is 35.5. The number of nitrogens with zero attached hydrogens (tertiary/aromatic N) is 1. The Bertz CT molecular complexity index is 147. The Labute approximate surface area is 74.2 Å². The second-order valence-corrected chi connectivity index (χ2v) is 2.93. The predicted octanol–water partition coefficient (Wildman–Crippen LogP) is 1.54. The molecular formula is C8H14ClNO. The molecule has 0 bridgehead atoms. The van der Waals surface area contributed by atoms with Gasteiger partial charge >= 0.3 is 0 Å². The molecule has 0 atom stereocenters. The normalized spacial score (nSPS) is 21.5. The number of terminal acetylenes is 1. The minimum atomic E-state index is -0.142. The topological polar surface area (TPSA) is 23.1 Å². The van der Waals surface area contributed by atoms with Gasteiger partial charge < -0.3 is 9.85 Å². The molecule has 1 saturated heterocycles. The molecule has 2 nitrogen and oxygen atoms in total. The summed E-state index contributed by atoms with van der Waals surface area (Å²) in [5, 5.41) is 11.5. The molecule has 1 aliphatic rings. The van der Waals surface area contributed by atoms with Crippen LogP contribution in [0.3, 0.4) is 0 Å². The van der Waals surface area contributed by atoms with Gasteiger partial charge in [-0.3, -0.25) is 0 Å². The molecule has 0 amide bonds. The van der Waals surface area contributed by atoms with E-state index in [0.29, 0.717) is 6.54 Å². The fourth-order valence-electron chi connectivity index (χ4n) is 1.41. The number of quaternary nitrogens is 1. The van der Waals surface area contributed by atoms with Gasteiger partial charge in [-0.1, -0.05) is 0 Å². The zero-order valence-corrected chi connectivity index (χ0v) is 7.40. The summed E-state index contributed by atoms with van der Waals surface area (Å²) in [5.74, 6) is 2.44. The second-order valence-electron chi connectivity index (χ2n) is 2.93. The van der Waals surface area contributed by atoms with E-state index in [2.05, 4.69) is 5.92 Å². The van der Waals surface area contributed by atoms with E-state index in [1.807, 2.05) is 0 Å². The van der Waals surface area contributed by atoms with Crippen LogP contribution in [0.25, 0.3) is 0 Å². The minimum Gasteiger partial charge on any atom is -0.632 e. The summed E-state index contributed by atoms with van der Waals surface area (Å²) in [6.45, 7) is 1.81. The Morgan fingerprint density at radius 2 is 1.82 bits per heavy atom. The minimum absolute atomic E-state index is 0. The highest BCUT2D eigenvalue weighted by molar-refractivity contribution is 5.85. The van der Waals surface area contributed by atoms with Crippen molar-refractivity contribution in [1.82, 2.24) is 0 Å². The van der Waals surface area contributed by atoms with Crippen LogP contribution in [0, 0.1) is 17.6 Å². The zero-order valence-electron chi connectivity index (χ0n) is 6.58. The van der Waals surface area contributed by atoms with E-state index in [4.69, 9.17) is 6.42 Å². The van der Waals surface area contributed by atoms with Crippen LogP contribution in [0.15, 0.2) is 0 Å². The van der Waals surface area contributed by atoms with Gasteiger partial charge in [0.25, 0.3) is 0 Å². The second kappa shape index (κ2) is 4.61. The number of likely N-dealkylation sites (tertiary alicyclic amines) is 1. The van der Waals surface area contributed by atoms with Gasteiger partial charge in [-0.25, -0.2) is 0 Å². The first-order chi connectivity index (χ1) is 4.77. The summed E-state index contributed by atoms with van der Waals surface area (Å²) >= 11 is 0. The molecular weight excluding hydrogens is 162 g/mol. The van der Waals surface area contributed by atoms with Crippen molar-refractivity contribution in [2.24, 2.45) is 0 Å². The van der Waals surface area contributed by atoms with Crippen LogP contribution < -0.4 is 0 Å². The van der Waals surface area contributed by atoms with Crippen molar-refractivity contribution in [3.05, 3.63) is 5.21 Å². The van der Waals surface area contributed by atoms with Crippen LogP contribution in [0.1, 0.15) is 19.3 Å². The van der Waals surface area contributed by atoms with E-state index in [-0.39, 0.29) is 17.1 Å². The van der Waals surface area contributed by atoms with E-state index in [1.54, 1.807) is 0 Å². The van der Waals surface area contributed by atoms with Crippen LogP contribution >= 0.6 is 12.4 Å². The molecule has 1 heterocycles. The van der Waals surface area contributed by atoms with Gasteiger partial charge in [0.15, 0.2) is 0 Å². The Morgan fingerprint density at radius 3 is 2.27 bits per heavy atom. The third kappa shape index (κ3) is 3.11. The number of hydrogen-bond acceptors (Lipinski definition) is 1. The molecule has 3 heteroatoms. The van der Waals surface area contributed by atoms with E-state index in [9.17, 15) is 5.21 Å². The van der Waals surface area contributed by atoms with Crippen LogP contribution in [0.4, 0.5) is 0 Å². The highest BCUT2D eigenvalue weighted by Crippen LogP contribution is 2.15. The SMILES string of the molecule is C#CC[N+]1([O-])CCCCC1.Cl. The smallest absolute Gasteiger partial charge is 0.140 e. The standard InChI is InChI=1S/C8H13NO.ClH/c1-2-6-9(10)7-4-3-5-8-9;/h1H,3-8H2;1H. The summed E-state index contributed by atoms with van der Waals surface area (Å²) in [6, 6.07) is 0. The molecule has 1 fully saturated rings. The van der Waals surface area contributed by atoms with E-state index >= 15 is 0 Å². The van der Waals surface area contributed by atoms with Crippen molar-refractivity contribution in [2.75, 3.05) is 19.6 Å². The first kappa shape index (κ1) is 10.8. The van der Waals surface area contributed by atoms with Crippen molar-refractivity contribution in [2.45, 2.75) is 19.3 Å². The van der Waals surface area contributed by atoms with Gasteiger partial charge in [0, 0.05) is 0 Å².